The van der Waals surface area contributed by atoms with Crippen molar-refractivity contribution in [3.05, 3.63) is 16.1 Å². The molecule has 1 aromatic rings. The number of piperidine rings is 1. The number of aromatic nitrogens is 1. The standard InChI is InChI=1S/C16H26N4O2S/c1-11(2)7-18-16(22)20-6-4-5-13(9-20)15(21)17-8-14-12(3)19-10-23-14/h10-11,13H,4-9H2,1-3H3,(H,17,21)(H,18,22)/t13-/m0/s1. The van der Waals surface area contributed by atoms with Crippen molar-refractivity contribution in [1.29, 1.82) is 0 Å². The molecule has 0 aromatic carbocycles. The van der Waals surface area contributed by atoms with Crippen molar-refractivity contribution in [2.24, 2.45) is 11.8 Å². The van der Waals surface area contributed by atoms with Gasteiger partial charge in [-0.05, 0) is 25.7 Å². The minimum atomic E-state index is -0.123. The van der Waals surface area contributed by atoms with Gasteiger partial charge in [0.25, 0.3) is 0 Å². The molecule has 1 aliphatic heterocycles. The highest BCUT2D eigenvalue weighted by molar-refractivity contribution is 7.09. The summed E-state index contributed by atoms with van der Waals surface area (Å²) < 4.78 is 0. The summed E-state index contributed by atoms with van der Waals surface area (Å²) in [4.78, 5) is 31.5. The molecule has 0 spiro atoms. The lowest BCUT2D eigenvalue weighted by molar-refractivity contribution is -0.126. The van der Waals surface area contributed by atoms with E-state index in [2.05, 4.69) is 29.5 Å². The number of urea groups is 1. The van der Waals surface area contributed by atoms with Gasteiger partial charge in [-0.2, -0.15) is 0 Å². The van der Waals surface area contributed by atoms with Gasteiger partial charge in [-0.15, -0.1) is 11.3 Å². The number of likely N-dealkylation sites (tertiary alicyclic amines) is 1. The van der Waals surface area contributed by atoms with Crippen LogP contribution in [0.3, 0.4) is 0 Å². The van der Waals surface area contributed by atoms with Gasteiger partial charge in [0.1, 0.15) is 0 Å². The number of nitrogens with zero attached hydrogens (tertiary/aromatic N) is 2. The summed E-state index contributed by atoms with van der Waals surface area (Å²) in [5.41, 5.74) is 2.76. The molecule has 2 heterocycles. The molecular weight excluding hydrogens is 312 g/mol. The molecule has 7 heteroatoms. The Morgan fingerprint density at radius 3 is 2.87 bits per heavy atom. The molecule has 0 unspecified atom stereocenters. The van der Waals surface area contributed by atoms with Gasteiger partial charge in [0.2, 0.25) is 5.91 Å². The van der Waals surface area contributed by atoms with E-state index >= 15 is 0 Å². The second-order valence-electron chi connectivity index (χ2n) is 6.44. The number of carbonyl (C=O) groups excluding carboxylic acids is 2. The molecule has 0 bridgehead atoms. The minimum Gasteiger partial charge on any atom is -0.351 e. The van der Waals surface area contributed by atoms with E-state index in [0.717, 1.165) is 30.0 Å². The fraction of sp³-hybridized carbons (Fsp3) is 0.688. The van der Waals surface area contributed by atoms with Crippen molar-refractivity contribution < 1.29 is 9.59 Å². The van der Waals surface area contributed by atoms with E-state index in [1.54, 1.807) is 21.7 Å². The molecule has 23 heavy (non-hydrogen) atoms. The Bertz CT molecular complexity index is 544. The number of carbonyl (C=O) groups is 2. The van der Waals surface area contributed by atoms with Crippen molar-refractivity contribution in [2.75, 3.05) is 19.6 Å². The van der Waals surface area contributed by atoms with E-state index in [1.807, 2.05) is 6.92 Å². The summed E-state index contributed by atoms with van der Waals surface area (Å²) in [7, 11) is 0. The second-order valence-corrected chi connectivity index (χ2v) is 7.38. The maximum atomic E-state index is 12.4. The lowest BCUT2D eigenvalue weighted by Crippen LogP contribution is -2.49. The van der Waals surface area contributed by atoms with Crippen LogP contribution in [0.15, 0.2) is 5.51 Å². The summed E-state index contributed by atoms with van der Waals surface area (Å²) >= 11 is 1.55. The van der Waals surface area contributed by atoms with Gasteiger partial charge in [-0.3, -0.25) is 4.79 Å². The molecule has 0 aliphatic carbocycles. The average Bonchev–Trinajstić information content (AvgIpc) is 2.95. The molecule has 3 amide bonds. The molecule has 6 nitrogen and oxygen atoms in total. The SMILES string of the molecule is Cc1ncsc1CNC(=O)[C@H]1CCCN(C(=O)NCC(C)C)C1. The summed E-state index contributed by atoms with van der Waals surface area (Å²) in [5, 5.41) is 5.90. The summed E-state index contributed by atoms with van der Waals surface area (Å²) in [6, 6.07) is -0.0606. The van der Waals surface area contributed by atoms with Gasteiger partial charge in [0, 0.05) is 24.5 Å². The number of nitrogens with one attached hydrogen (secondary N) is 2. The van der Waals surface area contributed by atoms with Crippen LogP contribution in [0.2, 0.25) is 0 Å². The van der Waals surface area contributed by atoms with Crippen LogP contribution in [0.25, 0.3) is 0 Å². The second kappa shape index (κ2) is 8.29. The number of hydrogen-bond acceptors (Lipinski definition) is 4. The average molecular weight is 338 g/mol. The summed E-state index contributed by atoms with van der Waals surface area (Å²) in [6.45, 7) is 8.48. The fourth-order valence-corrected chi connectivity index (χ4v) is 3.30. The first-order chi connectivity index (χ1) is 11.0. The number of aryl methyl sites for hydroxylation is 1. The minimum absolute atomic E-state index is 0.0270. The molecule has 1 fully saturated rings. The van der Waals surface area contributed by atoms with Crippen LogP contribution < -0.4 is 10.6 Å². The molecule has 1 atom stereocenters. The topological polar surface area (TPSA) is 74.3 Å². The summed E-state index contributed by atoms with van der Waals surface area (Å²) in [5.74, 6) is 0.325. The molecule has 0 radical (unpaired) electrons. The Hall–Kier alpha value is -1.63. The third kappa shape index (κ3) is 5.20. The van der Waals surface area contributed by atoms with Crippen LogP contribution in [0.5, 0.6) is 0 Å². The van der Waals surface area contributed by atoms with Crippen molar-refractivity contribution in [3.63, 3.8) is 0 Å². The molecular formula is C16H26N4O2S. The van der Waals surface area contributed by atoms with Gasteiger partial charge < -0.3 is 15.5 Å². The van der Waals surface area contributed by atoms with Crippen LogP contribution >= 0.6 is 11.3 Å². The third-order valence-corrected chi connectivity index (χ3v) is 4.94. The lowest BCUT2D eigenvalue weighted by Gasteiger charge is -2.32. The third-order valence-electron chi connectivity index (χ3n) is 4.01. The van der Waals surface area contributed by atoms with Crippen LogP contribution in [0.4, 0.5) is 4.79 Å². The van der Waals surface area contributed by atoms with Gasteiger partial charge in [0.05, 0.1) is 23.7 Å². The molecule has 128 valence electrons. The van der Waals surface area contributed by atoms with E-state index < -0.39 is 0 Å². The normalized spacial score (nSPS) is 18.1. The smallest absolute Gasteiger partial charge is 0.317 e. The number of hydrogen-bond donors (Lipinski definition) is 2. The van der Waals surface area contributed by atoms with Crippen LogP contribution in [0.1, 0.15) is 37.3 Å². The van der Waals surface area contributed by atoms with Gasteiger partial charge in [0.15, 0.2) is 0 Å². The molecule has 2 N–H and O–H groups in total. The van der Waals surface area contributed by atoms with Crippen molar-refractivity contribution in [3.8, 4) is 0 Å². The van der Waals surface area contributed by atoms with Crippen molar-refractivity contribution in [1.82, 2.24) is 20.5 Å². The Balaban J connectivity index is 1.81. The Morgan fingerprint density at radius 2 is 2.22 bits per heavy atom. The Labute approximate surface area is 141 Å². The quantitative estimate of drug-likeness (QED) is 0.864. The Kier molecular flexibility index (Phi) is 6.38. The molecule has 0 saturated carbocycles. The highest BCUT2D eigenvalue weighted by Crippen LogP contribution is 2.18. The number of thiazole rings is 1. The van der Waals surface area contributed by atoms with Gasteiger partial charge in [-0.25, -0.2) is 9.78 Å². The number of rotatable bonds is 5. The Morgan fingerprint density at radius 1 is 1.43 bits per heavy atom. The van der Waals surface area contributed by atoms with Gasteiger partial charge in [-0.1, -0.05) is 13.8 Å². The molecule has 1 aromatic heterocycles. The predicted molar refractivity (Wildman–Crippen MR) is 91.2 cm³/mol. The van der Waals surface area contributed by atoms with E-state index in [-0.39, 0.29) is 17.9 Å². The first kappa shape index (κ1) is 17.7. The number of amides is 3. The van der Waals surface area contributed by atoms with Crippen LogP contribution in [-0.2, 0) is 11.3 Å². The van der Waals surface area contributed by atoms with Crippen LogP contribution in [0, 0.1) is 18.8 Å². The first-order valence-electron chi connectivity index (χ1n) is 8.16. The highest BCUT2D eigenvalue weighted by atomic mass is 32.1. The van der Waals surface area contributed by atoms with E-state index in [9.17, 15) is 9.59 Å². The van der Waals surface area contributed by atoms with E-state index in [0.29, 0.717) is 25.6 Å². The zero-order chi connectivity index (χ0) is 16.8. The maximum Gasteiger partial charge on any atom is 0.317 e. The molecule has 1 saturated heterocycles. The highest BCUT2D eigenvalue weighted by Gasteiger charge is 2.28. The zero-order valence-corrected chi connectivity index (χ0v) is 14.9. The zero-order valence-electron chi connectivity index (χ0n) is 14.1. The van der Waals surface area contributed by atoms with Crippen LogP contribution in [-0.4, -0.2) is 41.5 Å². The van der Waals surface area contributed by atoms with E-state index in [1.165, 1.54) is 0 Å². The van der Waals surface area contributed by atoms with E-state index in [4.69, 9.17) is 0 Å². The molecule has 1 aliphatic rings. The predicted octanol–water partition coefficient (Wildman–Crippen LogP) is 2.15. The fourth-order valence-electron chi connectivity index (χ4n) is 2.59. The maximum absolute atomic E-state index is 12.4. The van der Waals surface area contributed by atoms with Gasteiger partial charge >= 0.3 is 6.03 Å². The lowest BCUT2D eigenvalue weighted by atomic mass is 9.97. The molecule has 2 rings (SSSR count). The first-order valence-corrected chi connectivity index (χ1v) is 9.04. The summed E-state index contributed by atoms with van der Waals surface area (Å²) in [6.07, 6.45) is 1.70. The van der Waals surface area contributed by atoms with Crippen molar-refractivity contribution >= 4 is 23.3 Å². The van der Waals surface area contributed by atoms with Crippen molar-refractivity contribution in [2.45, 2.75) is 40.2 Å². The largest absolute Gasteiger partial charge is 0.351 e. The monoisotopic (exact) mass is 338 g/mol.